The lowest BCUT2D eigenvalue weighted by Gasteiger charge is -2.07. The average Bonchev–Trinajstić information content (AvgIpc) is 3.06. The fourth-order valence-corrected chi connectivity index (χ4v) is 4.01. The zero-order chi connectivity index (χ0) is 21.1. The summed E-state index contributed by atoms with van der Waals surface area (Å²) in [5, 5.41) is 4.53. The normalized spacial score (nSPS) is 11.0. The first-order valence-corrected chi connectivity index (χ1v) is 10.2. The molecule has 0 aliphatic heterocycles. The minimum Gasteiger partial charge on any atom is -0.353 e. The van der Waals surface area contributed by atoms with Crippen LogP contribution < -0.4 is 5.32 Å². The first-order chi connectivity index (χ1) is 14.5. The maximum atomic E-state index is 13.9. The van der Waals surface area contributed by atoms with Crippen LogP contribution in [0.25, 0.3) is 22.3 Å². The van der Waals surface area contributed by atoms with Crippen LogP contribution in [0.2, 0.25) is 10.0 Å². The second kappa shape index (κ2) is 8.86. The van der Waals surface area contributed by atoms with E-state index in [4.69, 9.17) is 23.2 Å². The monoisotopic (exact) mass is 441 g/mol. The molecular formula is C23H18Cl2FN3O. The van der Waals surface area contributed by atoms with Crippen molar-refractivity contribution in [1.82, 2.24) is 9.97 Å². The number of H-pyrrole nitrogens is 1. The van der Waals surface area contributed by atoms with E-state index in [1.165, 1.54) is 12.1 Å². The Morgan fingerprint density at radius 2 is 1.87 bits per heavy atom. The van der Waals surface area contributed by atoms with Gasteiger partial charge in [0.2, 0.25) is 5.91 Å². The number of nitrogens with zero attached hydrogens (tertiary/aromatic N) is 1. The number of hydrogen-bond acceptors (Lipinski definition) is 2. The Balaban J connectivity index is 1.52. The van der Waals surface area contributed by atoms with Gasteiger partial charge in [0, 0.05) is 39.3 Å². The van der Waals surface area contributed by atoms with Crippen molar-refractivity contribution in [2.75, 3.05) is 5.32 Å². The van der Waals surface area contributed by atoms with Gasteiger partial charge in [-0.1, -0.05) is 29.3 Å². The lowest BCUT2D eigenvalue weighted by atomic mass is 10.0. The minimum atomic E-state index is -0.300. The first kappa shape index (κ1) is 20.4. The largest absolute Gasteiger partial charge is 0.353 e. The highest BCUT2D eigenvalue weighted by Gasteiger charge is 2.15. The van der Waals surface area contributed by atoms with Gasteiger partial charge in [-0.25, -0.2) is 4.39 Å². The Labute approximate surface area is 183 Å². The second-order valence-electron chi connectivity index (χ2n) is 6.94. The molecule has 2 N–H and O–H groups in total. The molecule has 0 saturated carbocycles. The van der Waals surface area contributed by atoms with E-state index in [1.54, 1.807) is 30.5 Å². The van der Waals surface area contributed by atoms with Crippen molar-refractivity contribution in [1.29, 1.82) is 0 Å². The van der Waals surface area contributed by atoms with Crippen molar-refractivity contribution in [2.45, 2.75) is 19.3 Å². The predicted molar refractivity (Wildman–Crippen MR) is 120 cm³/mol. The smallest absolute Gasteiger partial charge is 0.224 e. The van der Waals surface area contributed by atoms with E-state index in [-0.39, 0.29) is 11.7 Å². The molecule has 2 aromatic carbocycles. The third kappa shape index (κ3) is 4.64. The molecule has 0 fully saturated rings. The van der Waals surface area contributed by atoms with Crippen LogP contribution in [0.5, 0.6) is 0 Å². The molecule has 1 amide bonds. The van der Waals surface area contributed by atoms with Crippen LogP contribution in [0, 0.1) is 5.82 Å². The molecule has 7 heteroatoms. The van der Waals surface area contributed by atoms with E-state index in [9.17, 15) is 9.18 Å². The number of aromatic amines is 1. The molecule has 2 heterocycles. The highest BCUT2D eigenvalue weighted by atomic mass is 35.5. The number of hydrogen-bond donors (Lipinski definition) is 2. The molecule has 0 bridgehead atoms. The minimum absolute atomic E-state index is 0.140. The Morgan fingerprint density at radius 1 is 1.07 bits per heavy atom. The number of nitrogens with one attached hydrogen (secondary N) is 2. The van der Waals surface area contributed by atoms with Crippen molar-refractivity contribution < 1.29 is 9.18 Å². The van der Waals surface area contributed by atoms with E-state index >= 15 is 0 Å². The summed E-state index contributed by atoms with van der Waals surface area (Å²) in [4.78, 5) is 20.1. The number of carbonyl (C=O) groups is 1. The van der Waals surface area contributed by atoms with Gasteiger partial charge in [0.15, 0.2) is 0 Å². The van der Waals surface area contributed by atoms with Crippen LogP contribution in [-0.2, 0) is 11.2 Å². The molecular weight excluding hydrogens is 424 g/mol. The molecule has 0 spiro atoms. The van der Waals surface area contributed by atoms with Gasteiger partial charge in [0.1, 0.15) is 5.82 Å². The molecule has 152 valence electrons. The van der Waals surface area contributed by atoms with Crippen molar-refractivity contribution >= 4 is 45.7 Å². The molecule has 0 saturated heterocycles. The van der Waals surface area contributed by atoms with Crippen LogP contribution >= 0.6 is 23.2 Å². The maximum Gasteiger partial charge on any atom is 0.224 e. The summed E-state index contributed by atoms with van der Waals surface area (Å²) in [6, 6.07) is 15.2. The lowest BCUT2D eigenvalue weighted by Crippen LogP contribution is -2.11. The zero-order valence-electron chi connectivity index (χ0n) is 15.9. The number of anilines is 1. The van der Waals surface area contributed by atoms with Gasteiger partial charge in [-0.15, -0.1) is 0 Å². The third-order valence-corrected chi connectivity index (χ3v) is 5.20. The Kier molecular flexibility index (Phi) is 6.02. The number of carbonyl (C=O) groups excluding carboxylic acids is 1. The molecule has 2 aromatic heterocycles. The predicted octanol–water partition coefficient (Wildman–Crippen LogP) is 6.64. The van der Waals surface area contributed by atoms with Crippen LogP contribution in [0.15, 0.2) is 60.8 Å². The van der Waals surface area contributed by atoms with Gasteiger partial charge in [-0.05, 0) is 66.9 Å². The Bertz CT molecular complexity index is 1190. The molecule has 0 unspecified atom stereocenters. The summed E-state index contributed by atoms with van der Waals surface area (Å²) >= 11 is 11.9. The molecule has 0 atom stereocenters. The van der Waals surface area contributed by atoms with Crippen molar-refractivity contribution in [3.8, 4) is 11.4 Å². The summed E-state index contributed by atoms with van der Waals surface area (Å²) in [5.41, 5.74) is 3.97. The average molecular weight is 442 g/mol. The van der Waals surface area contributed by atoms with Crippen LogP contribution in [-0.4, -0.2) is 15.9 Å². The number of benzene rings is 2. The van der Waals surface area contributed by atoms with E-state index in [0.717, 1.165) is 27.9 Å². The van der Waals surface area contributed by atoms with Crippen LogP contribution in [0.1, 0.15) is 18.4 Å². The molecule has 4 nitrogen and oxygen atoms in total. The van der Waals surface area contributed by atoms with Crippen molar-refractivity contribution in [3.05, 3.63) is 82.2 Å². The quantitative estimate of drug-likeness (QED) is 0.352. The van der Waals surface area contributed by atoms with Crippen molar-refractivity contribution in [3.63, 3.8) is 0 Å². The number of pyridine rings is 1. The van der Waals surface area contributed by atoms with Gasteiger partial charge in [0.05, 0.1) is 11.4 Å². The molecule has 4 aromatic rings. The SMILES string of the molecule is O=C(CCCc1c(-c2ccccn2)[nH]c2ccc(F)cc12)Nc1cc(Cl)cc(Cl)c1. The number of fused-ring (bicyclic) bond motifs is 1. The zero-order valence-corrected chi connectivity index (χ0v) is 17.4. The van der Waals surface area contributed by atoms with Crippen molar-refractivity contribution in [2.24, 2.45) is 0 Å². The van der Waals surface area contributed by atoms with Crippen LogP contribution in [0.3, 0.4) is 0 Å². The Morgan fingerprint density at radius 3 is 2.60 bits per heavy atom. The van der Waals surface area contributed by atoms with Gasteiger partial charge < -0.3 is 10.3 Å². The number of amides is 1. The molecule has 4 rings (SSSR count). The van der Waals surface area contributed by atoms with E-state index in [1.807, 2.05) is 18.2 Å². The van der Waals surface area contributed by atoms with E-state index in [0.29, 0.717) is 35.0 Å². The molecule has 0 aliphatic rings. The summed E-state index contributed by atoms with van der Waals surface area (Å²) in [6.45, 7) is 0. The van der Waals surface area contributed by atoms with Crippen LogP contribution in [0.4, 0.5) is 10.1 Å². The number of rotatable bonds is 6. The number of aromatic nitrogens is 2. The fourth-order valence-electron chi connectivity index (χ4n) is 3.48. The third-order valence-electron chi connectivity index (χ3n) is 4.77. The van der Waals surface area contributed by atoms with Gasteiger partial charge in [-0.3, -0.25) is 9.78 Å². The van der Waals surface area contributed by atoms with Gasteiger partial charge >= 0.3 is 0 Å². The number of halogens is 3. The standard InChI is InChI=1S/C23H18Cl2FN3O/c24-14-10-15(25)12-17(11-14)28-22(30)6-3-4-18-19-13-16(26)7-8-20(19)29-23(18)21-5-1-2-9-27-21/h1-2,5,7-13,29H,3-4,6H2,(H,28,30). The molecule has 30 heavy (non-hydrogen) atoms. The highest BCUT2D eigenvalue weighted by molar-refractivity contribution is 6.35. The first-order valence-electron chi connectivity index (χ1n) is 9.47. The maximum absolute atomic E-state index is 13.9. The Hall–Kier alpha value is -2.89. The van der Waals surface area contributed by atoms with Gasteiger partial charge in [0.25, 0.3) is 0 Å². The van der Waals surface area contributed by atoms with E-state index < -0.39 is 0 Å². The van der Waals surface area contributed by atoms with E-state index in [2.05, 4.69) is 15.3 Å². The fraction of sp³-hybridized carbons (Fsp3) is 0.130. The lowest BCUT2D eigenvalue weighted by molar-refractivity contribution is -0.116. The molecule has 0 aliphatic carbocycles. The topological polar surface area (TPSA) is 57.8 Å². The highest BCUT2D eigenvalue weighted by Crippen LogP contribution is 2.31. The summed E-state index contributed by atoms with van der Waals surface area (Å²) in [6.07, 6.45) is 3.20. The summed E-state index contributed by atoms with van der Waals surface area (Å²) in [7, 11) is 0. The second-order valence-corrected chi connectivity index (χ2v) is 7.82. The summed E-state index contributed by atoms with van der Waals surface area (Å²) in [5.74, 6) is -0.440. The number of aryl methyl sites for hydroxylation is 1. The summed E-state index contributed by atoms with van der Waals surface area (Å²) < 4.78 is 13.9. The molecule has 0 radical (unpaired) electrons. The van der Waals surface area contributed by atoms with Gasteiger partial charge in [-0.2, -0.15) is 0 Å².